The lowest BCUT2D eigenvalue weighted by molar-refractivity contribution is -0.142. The third-order valence-electron chi connectivity index (χ3n) is 8.24. The molecule has 13 heteroatoms. The Morgan fingerprint density at radius 2 is 1.87 bits per heavy atom. The van der Waals surface area contributed by atoms with Crippen molar-refractivity contribution >= 4 is 39.4 Å². The number of pyridine rings is 2. The minimum Gasteiger partial charge on any atom is -0.467 e. The fourth-order valence-corrected chi connectivity index (χ4v) is 5.89. The average molecular weight is 627 g/mol. The van der Waals surface area contributed by atoms with Gasteiger partial charge in [0, 0.05) is 50.0 Å². The molecule has 1 fully saturated rings. The SMILES string of the molecule is COC(=O)[C@H](Cc1ccc(-n2c(=O)c3ccncc3n(C)c2=O)c2ncccc12)NC(=O)c1c(C)cc(N2CCOCC2)cc1F. The average Bonchev–Trinajstić information content (AvgIpc) is 3.07. The molecule has 46 heavy (non-hydrogen) atoms. The molecule has 0 aliphatic carbocycles. The molecule has 1 amide bonds. The lowest BCUT2D eigenvalue weighted by atomic mass is 9.99. The van der Waals surface area contributed by atoms with E-state index in [1.165, 1.54) is 36.3 Å². The molecule has 1 aliphatic rings. The van der Waals surface area contributed by atoms with Gasteiger partial charge in [-0.05, 0) is 48.4 Å². The van der Waals surface area contributed by atoms with Gasteiger partial charge in [-0.15, -0.1) is 0 Å². The topological polar surface area (TPSA) is 138 Å². The van der Waals surface area contributed by atoms with Crippen LogP contribution in [0.4, 0.5) is 10.1 Å². The van der Waals surface area contributed by atoms with Crippen LogP contribution in [0.5, 0.6) is 0 Å². The Balaban J connectivity index is 1.35. The molecule has 6 rings (SSSR count). The van der Waals surface area contributed by atoms with Gasteiger partial charge in [0.1, 0.15) is 11.9 Å². The van der Waals surface area contributed by atoms with Crippen molar-refractivity contribution < 1.29 is 23.5 Å². The fourth-order valence-electron chi connectivity index (χ4n) is 5.89. The maximum atomic E-state index is 15.4. The molecule has 0 spiro atoms. The lowest BCUT2D eigenvalue weighted by Crippen LogP contribution is -2.43. The van der Waals surface area contributed by atoms with Crippen LogP contribution in [0, 0.1) is 12.7 Å². The summed E-state index contributed by atoms with van der Waals surface area (Å²) in [6, 6.07) is 10.1. The molecule has 0 bridgehead atoms. The van der Waals surface area contributed by atoms with Crippen LogP contribution in [0.2, 0.25) is 0 Å². The molecule has 12 nitrogen and oxygen atoms in total. The van der Waals surface area contributed by atoms with Gasteiger partial charge in [-0.1, -0.05) is 12.1 Å². The second kappa shape index (κ2) is 12.5. The molecule has 1 aliphatic heterocycles. The van der Waals surface area contributed by atoms with Crippen LogP contribution >= 0.6 is 0 Å². The van der Waals surface area contributed by atoms with Gasteiger partial charge in [0.2, 0.25) is 0 Å². The summed E-state index contributed by atoms with van der Waals surface area (Å²) in [5.41, 5.74) is 1.34. The van der Waals surface area contributed by atoms with Crippen LogP contribution < -0.4 is 21.5 Å². The number of aromatic nitrogens is 4. The van der Waals surface area contributed by atoms with E-state index in [1.807, 2.05) is 4.90 Å². The van der Waals surface area contributed by atoms with E-state index in [1.54, 1.807) is 50.4 Å². The molecule has 3 aromatic heterocycles. The number of amides is 1. The summed E-state index contributed by atoms with van der Waals surface area (Å²) in [4.78, 5) is 63.7. The quantitative estimate of drug-likeness (QED) is 0.270. The summed E-state index contributed by atoms with van der Waals surface area (Å²) in [5, 5.41) is 3.50. The summed E-state index contributed by atoms with van der Waals surface area (Å²) in [6.45, 7) is 3.92. The first-order chi connectivity index (χ1) is 22.2. The van der Waals surface area contributed by atoms with Gasteiger partial charge in [0.05, 0.1) is 54.2 Å². The normalized spacial score (nSPS) is 14.0. The maximum absolute atomic E-state index is 15.4. The van der Waals surface area contributed by atoms with Crippen LogP contribution in [0.1, 0.15) is 21.5 Å². The number of rotatable bonds is 7. The standard InChI is InChI=1S/C33H31FN6O6/c1-19-15-21(39-11-13-46-14-12-39)17-24(34)28(19)30(41)37-25(32(43)45-3)16-20-6-7-26(29-22(20)5-4-9-36-29)40-31(42)23-8-10-35-18-27(23)38(2)33(40)44/h4-10,15,17-18,25H,11-14,16H2,1-3H3,(H,37,41)/t25-/m0/s1. The number of anilines is 1. The van der Waals surface area contributed by atoms with Crippen molar-refractivity contribution in [2.24, 2.45) is 7.05 Å². The van der Waals surface area contributed by atoms with Gasteiger partial charge in [-0.2, -0.15) is 0 Å². The summed E-state index contributed by atoms with van der Waals surface area (Å²) in [6.07, 6.45) is 4.42. The van der Waals surface area contributed by atoms with Crippen molar-refractivity contribution in [3.63, 3.8) is 0 Å². The Morgan fingerprint density at radius 3 is 2.61 bits per heavy atom. The number of benzene rings is 2. The minimum absolute atomic E-state index is 0.0380. The molecule has 0 radical (unpaired) electrons. The van der Waals surface area contributed by atoms with E-state index in [9.17, 15) is 19.2 Å². The lowest BCUT2D eigenvalue weighted by Gasteiger charge is -2.29. The maximum Gasteiger partial charge on any atom is 0.335 e. The minimum atomic E-state index is -1.19. The second-order valence-electron chi connectivity index (χ2n) is 11.0. The first-order valence-electron chi connectivity index (χ1n) is 14.6. The molecule has 1 atom stereocenters. The van der Waals surface area contributed by atoms with Crippen molar-refractivity contribution in [3.8, 4) is 5.69 Å². The van der Waals surface area contributed by atoms with Crippen molar-refractivity contribution in [1.82, 2.24) is 24.4 Å². The Kier molecular flexibility index (Phi) is 8.33. The van der Waals surface area contributed by atoms with E-state index >= 15 is 4.39 Å². The number of morpholine rings is 1. The molecule has 1 saturated heterocycles. The zero-order valence-corrected chi connectivity index (χ0v) is 25.4. The zero-order valence-electron chi connectivity index (χ0n) is 25.4. The number of hydrogen-bond donors (Lipinski definition) is 1. The second-order valence-corrected chi connectivity index (χ2v) is 11.0. The number of methoxy groups -OCH3 is 1. The number of nitrogens with one attached hydrogen (secondary N) is 1. The molecule has 0 unspecified atom stereocenters. The number of esters is 1. The van der Waals surface area contributed by atoms with Crippen LogP contribution in [0.3, 0.4) is 0 Å². The predicted molar refractivity (Wildman–Crippen MR) is 169 cm³/mol. The van der Waals surface area contributed by atoms with Crippen molar-refractivity contribution in [1.29, 1.82) is 0 Å². The van der Waals surface area contributed by atoms with Gasteiger partial charge in [-0.25, -0.2) is 18.5 Å². The molecule has 4 heterocycles. The van der Waals surface area contributed by atoms with E-state index in [0.717, 1.165) is 4.57 Å². The Morgan fingerprint density at radius 1 is 1.09 bits per heavy atom. The van der Waals surface area contributed by atoms with E-state index < -0.39 is 35.0 Å². The largest absolute Gasteiger partial charge is 0.467 e. The Bertz CT molecular complexity index is 2100. The zero-order chi connectivity index (χ0) is 32.5. The highest BCUT2D eigenvalue weighted by Crippen LogP contribution is 2.26. The van der Waals surface area contributed by atoms with Crippen LogP contribution in [-0.2, 0) is 27.7 Å². The highest BCUT2D eigenvalue weighted by Gasteiger charge is 2.27. The van der Waals surface area contributed by atoms with Gasteiger partial charge < -0.3 is 19.7 Å². The van der Waals surface area contributed by atoms with Crippen LogP contribution in [0.15, 0.2) is 70.6 Å². The first kappa shape index (κ1) is 30.6. The smallest absolute Gasteiger partial charge is 0.335 e. The molecular formula is C33H31FN6O6. The third-order valence-corrected chi connectivity index (χ3v) is 8.24. The number of carbonyl (C=O) groups excluding carboxylic acids is 2. The van der Waals surface area contributed by atoms with Gasteiger partial charge in [0.15, 0.2) is 0 Å². The van der Waals surface area contributed by atoms with E-state index in [-0.39, 0.29) is 17.7 Å². The summed E-state index contributed by atoms with van der Waals surface area (Å²) < 4.78 is 28.1. The van der Waals surface area contributed by atoms with E-state index in [0.29, 0.717) is 64.9 Å². The molecule has 2 aromatic carbocycles. The first-order valence-corrected chi connectivity index (χ1v) is 14.6. The van der Waals surface area contributed by atoms with Crippen molar-refractivity contribution in [2.45, 2.75) is 19.4 Å². The van der Waals surface area contributed by atoms with Crippen molar-refractivity contribution in [2.75, 3.05) is 38.3 Å². The van der Waals surface area contributed by atoms with Crippen molar-refractivity contribution in [3.05, 3.63) is 104 Å². The van der Waals surface area contributed by atoms with E-state index in [2.05, 4.69) is 15.3 Å². The number of ether oxygens (including phenoxy) is 2. The number of nitrogens with zero attached hydrogens (tertiary/aromatic N) is 5. The molecule has 1 N–H and O–H groups in total. The Labute approximate surface area is 262 Å². The van der Waals surface area contributed by atoms with Gasteiger partial charge in [0.25, 0.3) is 11.5 Å². The predicted octanol–water partition coefficient (Wildman–Crippen LogP) is 2.43. The number of hydrogen-bond acceptors (Lipinski definition) is 9. The highest BCUT2D eigenvalue weighted by molar-refractivity contribution is 5.99. The number of halogens is 1. The monoisotopic (exact) mass is 626 g/mol. The van der Waals surface area contributed by atoms with Crippen LogP contribution in [0.25, 0.3) is 27.5 Å². The molecular weight excluding hydrogens is 595 g/mol. The van der Waals surface area contributed by atoms with Crippen LogP contribution in [-0.4, -0.2) is 70.4 Å². The summed E-state index contributed by atoms with van der Waals surface area (Å²) in [5.74, 6) is -2.20. The molecule has 236 valence electrons. The summed E-state index contributed by atoms with van der Waals surface area (Å²) >= 11 is 0. The summed E-state index contributed by atoms with van der Waals surface area (Å²) in [7, 11) is 2.75. The molecule has 5 aromatic rings. The molecule has 0 saturated carbocycles. The third kappa shape index (κ3) is 5.49. The fraction of sp³-hybridized carbons (Fsp3) is 0.273. The Hall–Kier alpha value is -5.43. The van der Waals surface area contributed by atoms with Gasteiger partial charge in [-0.3, -0.25) is 24.1 Å². The number of carbonyl (C=O) groups is 2. The number of fused-ring (bicyclic) bond motifs is 2. The highest BCUT2D eigenvalue weighted by atomic mass is 19.1. The number of aryl methyl sites for hydroxylation is 2. The van der Waals surface area contributed by atoms with Gasteiger partial charge >= 0.3 is 11.7 Å². The van der Waals surface area contributed by atoms with E-state index in [4.69, 9.17) is 9.47 Å².